The van der Waals surface area contributed by atoms with Gasteiger partial charge in [0.15, 0.2) is 0 Å². The van der Waals surface area contributed by atoms with Crippen LogP contribution in [0.3, 0.4) is 0 Å². The lowest BCUT2D eigenvalue weighted by Gasteiger charge is -2.18. The number of carbonyl (C=O) groups excluding carboxylic acids is 3. The highest BCUT2D eigenvalue weighted by atomic mass is 32.2. The van der Waals surface area contributed by atoms with Gasteiger partial charge >= 0.3 is 6.03 Å². The van der Waals surface area contributed by atoms with Gasteiger partial charge in [0, 0.05) is 26.7 Å². The van der Waals surface area contributed by atoms with Crippen LogP contribution in [0.5, 0.6) is 0 Å². The molecule has 0 saturated carbocycles. The van der Waals surface area contributed by atoms with E-state index in [2.05, 4.69) is 5.32 Å². The first-order chi connectivity index (χ1) is 12.7. The zero-order valence-corrected chi connectivity index (χ0v) is 16.5. The minimum atomic E-state index is -3.52. The van der Waals surface area contributed by atoms with Gasteiger partial charge in [0.25, 0.3) is 5.91 Å². The Hall–Kier alpha value is -2.46. The molecule has 4 amide bonds. The highest BCUT2D eigenvalue weighted by Gasteiger charge is 2.34. The van der Waals surface area contributed by atoms with Gasteiger partial charge < -0.3 is 10.2 Å². The number of amides is 4. The van der Waals surface area contributed by atoms with Gasteiger partial charge in [0.05, 0.1) is 4.90 Å². The predicted molar refractivity (Wildman–Crippen MR) is 98.1 cm³/mol. The van der Waals surface area contributed by atoms with E-state index in [4.69, 9.17) is 0 Å². The molecule has 0 atom stereocenters. The van der Waals surface area contributed by atoms with Crippen LogP contribution in [0.1, 0.15) is 19.4 Å². The lowest BCUT2D eigenvalue weighted by Crippen LogP contribution is -2.40. The van der Waals surface area contributed by atoms with E-state index in [0.29, 0.717) is 18.7 Å². The number of imide groups is 1. The third kappa shape index (κ3) is 4.64. The highest BCUT2D eigenvalue weighted by molar-refractivity contribution is 7.89. The Bertz CT molecular complexity index is 818. The number of sulfonamides is 1. The van der Waals surface area contributed by atoms with Crippen molar-refractivity contribution >= 4 is 27.9 Å². The Balaban J connectivity index is 1.94. The van der Waals surface area contributed by atoms with Gasteiger partial charge in [0.2, 0.25) is 15.9 Å². The second kappa shape index (κ2) is 8.49. The molecule has 1 aromatic carbocycles. The summed E-state index contributed by atoms with van der Waals surface area (Å²) in [4.78, 5) is 37.7. The van der Waals surface area contributed by atoms with E-state index in [9.17, 15) is 22.8 Å². The third-order valence-electron chi connectivity index (χ3n) is 4.29. The normalized spacial score (nSPS) is 15.0. The molecule has 148 valence electrons. The average Bonchev–Trinajstić information content (AvgIpc) is 2.87. The number of rotatable bonds is 8. The van der Waals surface area contributed by atoms with Crippen molar-refractivity contribution in [2.45, 2.75) is 25.3 Å². The molecule has 10 heteroatoms. The molecular formula is C17H24N4O5S. The second-order valence-corrected chi connectivity index (χ2v) is 8.07. The molecule has 0 aliphatic carbocycles. The van der Waals surface area contributed by atoms with Gasteiger partial charge in [-0.3, -0.25) is 14.5 Å². The van der Waals surface area contributed by atoms with Gasteiger partial charge in [-0.15, -0.1) is 0 Å². The van der Waals surface area contributed by atoms with Crippen LogP contribution >= 0.6 is 0 Å². The van der Waals surface area contributed by atoms with Crippen molar-refractivity contribution in [1.29, 1.82) is 0 Å². The summed E-state index contributed by atoms with van der Waals surface area (Å²) in [6.07, 6.45) is 0. The van der Waals surface area contributed by atoms with Crippen molar-refractivity contribution in [3.8, 4) is 0 Å². The van der Waals surface area contributed by atoms with Crippen LogP contribution in [0.4, 0.5) is 4.79 Å². The first-order valence-corrected chi connectivity index (χ1v) is 10.1. The van der Waals surface area contributed by atoms with E-state index < -0.39 is 27.9 Å². The molecule has 1 N–H and O–H groups in total. The fourth-order valence-corrected chi connectivity index (χ4v) is 4.17. The number of nitrogens with one attached hydrogen (secondary N) is 1. The Labute approximate surface area is 159 Å². The maximum atomic E-state index is 12.4. The van der Waals surface area contributed by atoms with E-state index in [-0.39, 0.29) is 24.5 Å². The van der Waals surface area contributed by atoms with Crippen molar-refractivity contribution in [2.24, 2.45) is 0 Å². The summed E-state index contributed by atoms with van der Waals surface area (Å²) in [5.74, 6) is -0.879. The second-order valence-electron chi connectivity index (χ2n) is 6.13. The van der Waals surface area contributed by atoms with E-state index >= 15 is 0 Å². The van der Waals surface area contributed by atoms with Crippen LogP contribution in [-0.4, -0.2) is 73.6 Å². The van der Waals surface area contributed by atoms with Crippen LogP contribution in [0.25, 0.3) is 0 Å². The Morgan fingerprint density at radius 2 is 1.74 bits per heavy atom. The van der Waals surface area contributed by atoms with Gasteiger partial charge in [-0.25, -0.2) is 13.2 Å². The molecule has 0 bridgehead atoms. The fourth-order valence-electron chi connectivity index (χ4n) is 2.72. The first kappa shape index (κ1) is 20.8. The number of hydrogen-bond acceptors (Lipinski definition) is 5. The first-order valence-electron chi connectivity index (χ1n) is 8.62. The lowest BCUT2D eigenvalue weighted by molar-refractivity contribution is -0.130. The predicted octanol–water partition coefficient (Wildman–Crippen LogP) is 0.227. The molecule has 1 saturated heterocycles. The summed E-state index contributed by atoms with van der Waals surface area (Å²) in [5.41, 5.74) is 0.707. The van der Waals surface area contributed by atoms with Gasteiger partial charge in [-0.05, 0) is 17.7 Å². The summed E-state index contributed by atoms with van der Waals surface area (Å²) in [6, 6.07) is 5.74. The number of nitrogens with zero attached hydrogens (tertiary/aromatic N) is 3. The van der Waals surface area contributed by atoms with Crippen molar-refractivity contribution in [2.75, 3.05) is 33.2 Å². The average molecular weight is 396 g/mol. The molecule has 1 aliphatic rings. The zero-order chi connectivity index (χ0) is 20.2. The SMILES string of the molecule is CCN(CC)S(=O)(=O)c1ccc(CNC(=O)CN2C(=O)CN(C)C2=O)cc1. The largest absolute Gasteiger partial charge is 0.350 e. The van der Waals surface area contributed by atoms with E-state index in [1.807, 2.05) is 0 Å². The minimum Gasteiger partial charge on any atom is -0.350 e. The van der Waals surface area contributed by atoms with Gasteiger partial charge in [-0.1, -0.05) is 26.0 Å². The number of urea groups is 1. The van der Waals surface area contributed by atoms with E-state index in [1.165, 1.54) is 28.4 Å². The number of carbonyl (C=O) groups is 3. The molecule has 27 heavy (non-hydrogen) atoms. The maximum absolute atomic E-state index is 12.4. The molecular weight excluding hydrogens is 372 g/mol. The minimum absolute atomic E-state index is 0.0331. The maximum Gasteiger partial charge on any atom is 0.327 e. The molecule has 9 nitrogen and oxygen atoms in total. The third-order valence-corrected chi connectivity index (χ3v) is 6.35. The molecule has 0 spiro atoms. The van der Waals surface area contributed by atoms with Crippen LogP contribution in [0.2, 0.25) is 0 Å². The Morgan fingerprint density at radius 1 is 1.15 bits per heavy atom. The zero-order valence-electron chi connectivity index (χ0n) is 15.6. The summed E-state index contributed by atoms with van der Waals surface area (Å²) in [7, 11) is -2.03. The molecule has 0 radical (unpaired) electrons. The summed E-state index contributed by atoms with van der Waals surface area (Å²) >= 11 is 0. The van der Waals surface area contributed by atoms with Crippen molar-refractivity contribution in [3.05, 3.63) is 29.8 Å². The molecule has 1 heterocycles. The topological polar surface area (TPSA) is 107 Å². The van der Waals surface area contributed by atoms with Crippen molar-refractivity contribution in [1.82, 2.24) is 19.4 Å². The van der Waals surface area contributed by atoms with Crippen molar-refractivity contribution < 1.29 is 22.8 Å². The van der Waals surface area contributed by atoms with Crippen LogP contribution < -0.4 is 5.32 Å². The summed E-state index contributed by atoms with van der Waals surface area (Å²) in [5, 5.41) is 2.62. The molecule has 0 unspecified atom stereocenters. The molecule has 1 aliphatic heterocycles. The monoisotopic (exact) mass is 396 g/mol. The van der Waals surface area contributed by atoms with Crippen LogP contribution in [-0.2, 0) is 26.2 Å². The van der Waals surface area contributed by atoms with Gasteiger partial charge in [-0.2, -0.15) is 4.31 Å². The van der Waals surface area contributed by atoms with Crippen LogP contribution in [0.15, 0.2) is 29.2 Å². The number of likely N-dealkylation sites (N-methyl/N-ethyl adjacent to an activating group) is 1. The lowest BCUT2D eigenvalue weighted by atomic mass is 10.2. The standard InChI is InChI=1S/C17H24N4O5S/c1-4-20(5-2)27(25,26)14-8-6-13(7-9-14)10-18-15(22)11-21-16(23)12-19(3)17(21)24/h6-9H,4-5,10-12H2,1-3H3,(H,18,22). The summed E-state index contributed by atoms with van der Waals surface area (Å²) in [6.45, 7) is 4.12. The van der Waals surface area contributed by atoms with Crippen molar-refractivity contribution in [3.63, 3.8) is 0 Å². The fraction of sp³-hybridized carbons (Fsp3) is 0.471. The van der Waals surface area contributed by atoms with E-state index in [1.54, 1.807) is 26.0 Å². The Morgan fingerprint density at radius 3 is 2.22 bits per heavy atom. The summed E-state index contributed by atoms with van der Waals surface area (Å²) < 4.78 is 26.2. The molecule has 1 aromatic rings. The molecule has 0 aromatic heterocycles. The quantitative estimate of drug-likeness (QED) is 0.633. The highest BCUT2D eigenvalue weighted by Crippen LogP contribution is 2.16. The van der Waals surface area contributed by atoms with Gasteiger partial charge in [0.1, 0.15) is 13.1 Å². The number of benzene rings is 1. The van der Waals surface area contributed by atoms with Crippen LogP contribution in [0, 0.1) is 0 Å². The molecule has 2 rings (SSSR count). The smallest absolute Gasteiger partial charge is 0.327 e. The molecule has 1 fully saturated rings. The van der Waals surface area contributed by atoms with E-state index in [0.717, 1.165) is 4.90 Å². The number of hydrogen-bond donors (Lipinski definition) is 1. The Kier molecular flexibility index (Phi) is 6.55.